The predicted octanol–water partition coefficient (Wildman–Crippen LogP) is 3.98. The van der Waals surface area contributed by atoms with Gasteiger partial charge in [0.1, 0.15) is 0 Å². The van der Waals surface area contributed by atoms with Crippen molar-refractivity contribution in [3.63, 3.8) is 0 Å². The number of nitrogen functional groups attached to an aromatic ring is 1. The molecule has 1 aromatic heterocycles. The Balaban J connectivity index is 2.17. The lowest BCUT2D eigenvalue weighted by molar-refractivity contribution is 0.789. The lowest BCUT2D eigenvalue weighted by Crippen LogP contribution is -2.02. The van der Waals surface area contributed by atoms with Crippen LogP contribution in [0.15, 0.2) is 40.9 Å². The van der Waals surface area contributed by atoms with Gasteiger partial charge in [0.15, 0.2) is 5.82 Å². The molecule has 3 rings (SSSR count). The second-order valence-electron chi connectivity index (χ2n) is 4.24. The zero-order chi connectivity index (χ0) is 15.0. The maximum absolute atomic E-state index is 6.00. The van der Waals surface area contributed by atoms with Gasteiger partial charge in [-0.15, -0.1) is 5.10 Å². The molecule has 0 amide bonds. The first-order valence-corrected chi connectivity index (χ1v) is 7.40. The maximum Gasteiger partial charge on any atom is 0.189 e. The molecule has 3 aromatic rings. The minimum atomic E-state index is 0.503. The predicted molar refractivity (Wildman–Crippen MR) is 86.7 cm³/mol. The molecule has 0 aliphatic heterocycles. The number of hydrogen-bond donors (Lipinski definition) is 1. The lowest BCUT2D eigenvalue weighted by atomic mass is 10.1. The van der Waals surface area contributed by atoms with E-state index in [1.54, 1.807) is 35.0 Å². The lowest BCUT2D eigenvalue weighted by Gasteiger charge is -2.09. The molecule has 0 fully saturated rings. The zero-order valence-corrected chi connectivity index (χ0v) is 13.6. The van der Waals surface area contributed by atoms with Crippen molar-refractivity contribution in [1.82, 2.24) is 20.2 Å². The fraction of sp³-hybridized carbons (Fsp3) is 0. The minimum absolute atomic E-state index is 0.503. The van der Waals surface area contributed by atoms with Crippen LogP contribution in [0.5, 0.6) is 0 Å². The van der Waals surface area contributed by atoms with E-state index in [0.717, 1.165) is 10.2 Å². The van der Waals surface area contributed by atoms with E-state index in [4.69, 9.17) is 28.9 Å². The Morgan fingerprint density at radius 3 is 2.48 bits per heavy atom. The molecule has 2 N–H and O–H groups in total. The number of anilines is 1. The number of aromatic nitrogens is 4. The molecule has 0 radical (unpaired) electrons. The van der Waals surface area contributed by atoms with Crippen LogP contribution in [0.25, 0.3) is 17.1 Å². The molecular weight excluding hydrogens is 377 g/mol. The Labute approximate surface area is 138 Å². The molecule has 0 saturated heterocycles. The van der Waals surface area contributed by atoms with Crippen LogP contribution in [0.2, 0.25) is 10.0 Å². The van der Waals surface area contributed by atoms with Crippen LogP contribution in [0.4, 0.5) is 5.69 Å². The summed E-state index contributed by atoms with van der Waals surface area (Å²) in [4.78, 5) is 0. The van der Waals surface area contributed by atoms with Crippen molar-refractivity contribution in [2.24, 2.45) is 0 Å². The average molecular weight is 385 g/mol. The Morgan fingerprint density at radius 1 is 1.05 bits per heavy atom. The Morgan fingerprint density at radius 2 is 1.76 bits per heavy atom. The summed E-state index contributed by atoms with van der Waals surface area (Å²) >= 11 is 15.3. The van der Waals surface area contributed by atoms with Crippen LogP contribution in [0, 0.1) is 0 Å². The fourth-order valence-electron chi connectivity index (χ4n) is 1.91. The quantitative estimate of drug-likeness (QED) is 0.678. The van der Waals surface area contributed by atoms with Gasteiger partial charge in [0, 0.05) is 25.8 Å². The average Bonchev–Trinajstić information content (AvgIpc) is 2.87. The van der Waals surface area contributed by atoms with E-state index >= 15 is 0 Å². The Hall–Kier alpha value is -1.63. The van der Waals surface area contributed by atoms with E-state index in [1.165, 1.54) is 0 Å². The van der Waals surface area contributed by atoms with E-state index in [1.807, 2.05) is 6.07 Å². The van der Waals surface area contributed by atoms with Crippen LogP contribution in [0.3, 0.4) is 0 Å². The monoisotopic (exact) mass is 383 g/mol. The summed E-state index contributed by atoms with van der Waals surface area (Å²) in [5.74, 6) is 0.521. The van der Waals surface area contributed by atoms with Gasteiger partial charge in [-0.3, -0.25) is 0 Å². The van der Waals surface area contributed by atoms with Crippen molar-refractivity contribution < 1.29 is 0 Å². The molecule has 21 heavy (non-hydrogen) atoms. The van der Waals surface area contributed by atoms with Gasteiger partial charge in [-0.2, -0.15) is 4.68 Å². The third-order valence-electron chi connectivity index (χ3n) is 2.86. The molecule has 0 unspecified atom stereocenters. The third-order valence-corrected chi connectivity index (χ3v) is 3.97. The number of nitrogens with zero attached hydrogens (tertiary/aromatic N) is 4. The summed E-state index contributed by atoms with van der Waals surface area (Å²) in [5.41, 5.74) is 7.96. The van der Waals surface area contributed by atoms with Crippen LogP contribution in [-0.4, -0.2) is 20.2 Å². The highest BCUT2D eigenvalue weighted by atomic mass is 79.9. The van der Waals surface area contributed by atoms with Gasteiger partial charge in [-0.25, -0.2) is 0 Å². The van der Waals surface area contributed by atoms with Crippen LogP contribution in [-0.2, 0) is 0 Å². The van der Waals surface area contributed by atoms with Crippen molar-refractivity contribution in [2.75, 3.05) is 5.73 Å². The molecule has 0 aliphatic rings. The molecule has 5 nitrogen and oxygen atoms in total. The van der Waals surface area contributed by atoms with Gasteiger partial charge in [0.05, 0.1) is 5.69 Å². The number of hydrogen-bond acceptors (Lipinski definition) is 4. The van der Waals surface area contributed by atoms with E-state index in [9.17, 15) is 0 Å². The van der Waals surface area contributed by atoms with Crippen LogP contribution >= 0.6 is 39.1 Å². The van der Waals surface area contributed by atoms with Gasteiger partial charge in [-0.05, 0) is 62.8 Å². The van der Waals surface area contributed by atoms with Gasteiger partial charge in [-0.1, -0.05) is 23.2 Å². The van der Waals surface area contributed by atoms with Gasteiger partial charge >= 0.3 is 0 Å². The SMILES string of the molecule is Nc1cc(Cl)ccc1-c1nnnn1-c1ccc(Cl)cc1Br. The molecule has 106 valence electrons. The first-order valence-electron chi connectivity index (χ1n) is 5.85. The van der Waals surface area contributed by atoms with Crippen molar-refractivity contribution in [3.8, 4) is 17.1 Å². The zero-order valence-electron chi connectivity index (χ0n) is 10.5. The molecule has 0 aliphatic carbocycles. The molecule has 1 heterocycles. The maximum atomic E-state index is 6.00. The third kappa shape index (κ3) is 2.74. The van der Waals surface area contributed by atoms with E-state index in [2.05, 4.69) is 31.5 Å². The number of tetrazole rings is 1. The standard InChI is InChI=1S/C13H8BrCl2N5/c14-10-5-7(15)2-4-12(10)21-13(18-19-20-21)9-3-1-8(16)6-11(9)17/h1-6H,17H2. The van der Waals surface area contributed by atoms with E-state index in [0.29, 0.717) is 27.1 Å². The molecule has 0 atom stereocenters. The highest BCUT2D eigenvalue weighted by Crippen LogP contribution is 2.30. The molecule has 2 aromatic carbocycles. The smallest absolute Gasteiger partial charge is 0.189 e. The highest BCUT2D eigenvalue weighted by molar-refractivity contribution is 9.10. The summed E-state index contributed by atoms with van der Waals surface area (Å²) in [5, 5.41) is 13.0. The van der Waals surface area contributed by atoms with Crippen molar-refractivity contribution in [3.05, 3.63) is 50.9 Å². The Bertz CT molecular complexity index is 752. The second kappa shape index (κ2) is 5.63. The Kier molecular flexibility index (Phi) is 3.84. The van der Waals surface area contributed by atoms with Crippen molar-refractivity contribution in [2.45, 2.75) is 0 Å². The van der Waals surface area contributed by atoms with Crippen LogP contribution in [0.1, 0.15) is 0 Å². The summed E-state index contributed by atoms with van der Waals surface area (Å²) in [6.45, 7) is 0. The van der Waals surface area contributed by atoms with E-state index < -0.39 is 0 Å². The highest BCUT2D eigenvalue weighted by Gasteiger charge is 2.15. The summed E-state index contributed by atoms with van der Waals surface area (Å²) in [7, 11) is 0. The largest absolute Gasteiger partial charge is 0.398 e. The van der Waals surface area contributed by atoms with Gasteiger partial charge < -0.3 is 5.73 Å². The first-order chi connectivity index (χ1) is 10.1. The molecule has 0 spiro atoms. The summed E-state index contributed by atoms with van der Waals surface area (Å²) in [6.07, 6.45) is 0. The number of rotatable bonds is 2. The van der Waals surface area contributed by atoms with E-state index in [-0.39, 0.29) is 0 Å². The fourth-order valence-corrected chi connectivity index (χ4v) is 2.94. The van der Waals surface area contributed by atoms with Gasteiger partial charge in [0.25, 0.3) is 0 Å². The second-order valence-corrected chi connectivity index (χ2v) is 5.97. The number of halogens is 3. The van der Waals surface area contributed by atoms with Crippen molar-refractivity contribution in [1.29, 1.82) is 0 Å². The summed E-state index contributed by atoms with van der Waals surface area (Å²) in [6, 6.07) is 10.5. The normalized spacial score (nSPS) is 10.8. The minimum Gasteiger partial charge on any atom is -0.398 e. The molecule has 0 bridgehead atoms. The van der Waals surface area contributed by atoms with Crippen LogP contribution < -0.4 is 5.73 Å². The molecule has 8 heteroatoms. The topological polar surface area (TPSA) is 69.6 Å². The molecule has 0 saturated carbocycles. The number of benzene rings is 2. The molecular formula is C13H8BrCl2N5. The van der Waals surface area contributed by atoms with Gasteiger partial charge in [0.2, 0.25) is 0 Å². The first kappa shape index (κ1) is 14.3. The van der Waals surface area contributed by atoms with Crippen molar-refractivity contribution >= 4 is 44.8 Å². The number of nitrogens with two attached hydrogens (primary N) is 1. The summed E-state index contributed by atoms with van der Waals surface area (Å²) < 4.78 is 2.36.